The summed E-state index contributed by atoms with van der Waals surface area (Å²) in [6.45, 7) is 6.00. The fourth-order valence-electron chi connectivity index (χ4n) is 0. The van der Waals surface area contributed by atoms with E-state index < -0.39 is 0 Å². The molecule has 0 heterocycles. The van der Waals surface area contributed by atoms with Gasteiger partial charge in [0.05, 0.1) is 0 Å². The molecule has 0 rings (SSSR count). The van der Waals surface area contributed by atoms with Crippen LogP contribution in [0.25, 0.3) is 0 Å². The molecule has 0 aliphatic rings. The Morgan fingerprint density at radius 1 is 1.00 bits per heavy atom. The Morgan fingerprint density at radius 2 is 1.00 bits per heavy atom. The second kappa shape index (κ2) is 329. The van der Waals surface area contributed by atoms with Crippen molar-refractivity contribution < 1.29 is 22.5 Å². The summed E-state index contributed by atoms with van der Waals surface area (Å²) in [4.78, 5) is 0. The summed E-state index contributed by atoms with van der Waals surface area (Å²) in [6.07, 6.45) is 0. The van der Waals surface area contributed by atoms with Crippen LogP contribution in [0.2, 0.25) is 0 Å². The second-order valence-electron chi connectivity index (χ2n) is 0. The Kier molecular flexibility index (Phi) is 2420. The van der Waals surface area contributed by atoms with Crippen molar-refractivity contribution in [2.24, 2.45) is 0 Å². The Bertz CT molecular complexity index is 6.00. The molecule has 0 bridgehead atoms. The van der Waals surface area contributed by atoms with Gasteiger partial charge < -0.3 is 5.48 Å². The minimum absolute atomic E-state index is 0. The maximum atomic E-state index is 3.00. The Balaban J connectivity index is -0.00000000500. The maximum absolute atomic E-state index is 3.00. The van der Waals surface area contributed by atoms with Crippen molar-refractivity contribution in [3.63, 3.8) is 0 Å². The summed E-state index contributed by atoms with van der Waals surface area (Å²) < 4.78 is 0. The largest absolute Gasteiger partial charge is 2.00 e. The molecule has 1 nitrogen and oxygen atoms in total. The van der Waals surface area contributed by atoms with Crippen LogP contribution in [0.3, 0.4) is 0 Å². The summed E-state index contributed by atoms with van der Waals surface area (Å²) in [5, 5.41) is 0. The maximum Gasteiger partial charge on any atom is 2.00 e. The van der Waals surface area contributed by atoms with Gasteiger partial charge in [-0.2, -0.15) is 0 Å². The van der Waals surface area contributed by atoms with Gasteiger partial charge in [-0.15, -0.1) is 13.2 Å². The van der Waals surface area contributed by atoms with Crippen LogP contribution < -0.4 is 0 Å². The average Bonchev–Trinajstić information content (AvgIpc) is 1.00. The molecule has 0 spiro atoms. The minimum atomic E-state index is 0. The number of rotatable bonds is 0. The third kappa shape index (κ3) is 68.5. The topological polar surface area (TPSA) is 28.5 Å². The van der Waals surface area contributed by atoms with Gasteiger partial charge in [0.2, 0.25) is 0 Å². The van der Waals surface area contributed by atoms with E-state index in [0.29, 0.717) is 0 Å². The Labute approximate surface area is 36.5 Å². The summed E-state index contributed by atoms with van der Waals surface area (Å²) in [6, 6.07) is 0. The first-order valence-electron chi connectivity index (χ1n) is 0.500. The SMILES string of the molecule is C=C.[Fe+2].[O-2]. The van der Waals surface area contributed by atoms with Crippen molar-refractivity contribution in [2.75, 3.05) is 0 Å². The van der Waals surface area contributed by atoms with E-state index >= 15 is 0 Å². The molecule has 26 valence electrons. The van der Waals surface area contributed by atoms with E-state index in [-0.39, 0.29) is 22.5 Å². The molecule has 0 aliphatic carbocycles. The van der Waals surface area contributed by atoms with Crippen molar-refractivity contribution in [1.29, 1.82) is 0 Å². The van der Waals surface area contributed by atoms with Crippen LogP contribution in [0, 0.1) is 0 Å². The van der Waals surface area contributed by atoms with Crippen molar-refractivity contribution in [3.05, 3.63) is 13.2 Å². The van der Waals surface area contributed by atoms with Gasteiger partial charge in [-0.3, -0.25) is 0 Å². The van der Waals surface area contributed by atoms with E-state index in [1.807, 2.05) is 0 Å². The molecule has 0 aliphatic heterocycles. The molecule has 0 aromatic rings. The molecular formula is C2H4FeO. The standard InChI is InChI=1S/C2H4.Fe.O/c1-2;;/h1-2H2;;/q;+2;-2. The molecule has 0 aromatic carbocycles. The molecule has 0 amide bonds. The third-order valence-electron chi connectivity index (χ3n) is 0. The number of hydrogen-bond donors (Lipinski definition) is 0. The molecule has 0 saturated carbocycles. The second-order valence-corrected chi connectivity index (χ2v) is 0. The zero-order valence-corrected chi connectivity index (χ0v) is 3.28. The first kappa shape index (κ1) is 29.4. The first-order chi connectivity index (χ1) is 1.00. The quantitative estimate of drug-likeness (QED) is 0.316. The monoisotopic (exact) mass is 100.0 g/mol. The Hall–Kier alpha value is 0.219. The zero-order chi connectivity index (χ0) is 2.00. The molecule has 0 atom stereocenters. The van der Waals surface area contributed by atoms with Gasteiger partial charge in [0, 0.05) is 0 Å². The summed E-state index contributed by atoms with van der Waals surface area (Å²) >= 11 is 0. The van der Waals surface area contributed by atoms with E-state index in [4.69, 9.17) is 0 Å². The summed E-state index contributed by atoms with van der Waals surface area (Å²) in [5.74, 6) is 0. The van der Waals surface area contributed by atoms with Gasteiger partial charge >= 0.3 is 17.1 Å². The molecule has 0 saturated heterocycles. The van der Waals surface area contributed by atoms with E-state index in [0.717, 1.165) is 0 Å². The fraction of sp³-hybridized carbons (Fsp3) is 0. The summed E-state index contributed by atoms with van der Waals surface area (Å²) in [7, 11) is 0. The molecule has 0 unspecified atom stereocenters. The van der Waals surface area contributed by atoms with E-state index in [1.165, 1.54) is 0 Å². The van der Waals surface area contributed by atoms with Gasteiger partial charge in [-0.1, -0.05) is 0 Å². The predicted molar refractivity (Wildman–Crippen MR) is 11.9 cm³/mol. The smallest absolute Gasteiger partial charge is 2.00 e. The van der Waals surface area contributed by atoms with Crippen LogP contribution in [-0.4, -0.2) is 0 Å². The average molecular weight is 99.9 g/mol. The van der Waals surface area contributed by atoms with Crippen LogP contribution in [0.5, 0.6) is 0 Å². The molecule has 0 radical (unpaired) electrons. The third-order valence-corrected chi connectivity index (χ3v) is 0. The minimum Gasteiger partial charge on any atom is -2.00 e. The van der Waals surface area contributed by atoms with E-state index in [2.05, 4.69) is 13.2 Å². The predicted octanol–water partition coefficient (Wildman–Crippen LogP) is 0.681. The van der Waals surface area contributed by atoms with Crippen LogP contribution in [0.4, 0.5) is 0 Å². The van der Waals surface area contributed by atoms with Crippen molar-refractivity contribution in [1.82, 2.24) is 0 Å². The van der Waals surface area contributed by atoms with Crippen LogP contribution >= 0.6 is 0 Å². The first-order valence-corrected chi connectivity index (χ1v) is 0.500. The van der Waals surface area contributed by atoms with E-state index in [1.54, 1.807) is 0 Å². The molecule has 0 fully saturated rings. The zero-order valence-electron chi connectivity index (χ0n) is 2.18. The van der Waals surface area contributed by atoms with Crippen LogP contribution in [-0.2, 0) is 22.5 Å². The van der Waals surface area contributed by atoms with Gasteiger partial charge in [0.1, 0.15) is 0 Å². The van der Waals surface area contributed by atoms with Gasteiger partial charge in [-0.05, 0) is 0 Å². The Morgan fingerprint density at radius 3 is 1.00 bits per heavy atom. The normalized spacial score (nSPS) is 1.00. The van der Waals surface area contributed by atoms with Gasteiger partial charge in [-0.25, -0.2) is 0 Å². The number of hydrogen-bond acceptors (Lipinski definition) is 0. The summed E-state index contributed by atoms with van der Waals surface area (Å²) in [5.41, 5.74) is 0. The van der Waals surface area contributed by atoms with E-state index in [9.17, 15) is 0 Å². The van der Waals surface area contributed by atoms with Gasteiger partial charge in [0.25, 0.3) is 0 Å². The van der Waals surface area contributed by atoms with Crippen LogP contribution in [0.1, 0.15) is 0 Å². The van der Waals surface area contributed by atoms with Crippen molar-refractivity contribution in [2.45, 2.75) is 0 Å². The van der Waals surface area contributed by atoms with Gasteiger partial charge in [0.15, 0.2) is 0 Å². The molecule has 0 N–H and O–H groups in total. The fourth-order valence-corrected chi connectivity index (χ4v) is 0. The molecule has 4 heavy (non-hydrogen) atoms. The molecular weight excluding hydrogens is 95.9 g/mol. The molecule has 2 heteroatoms. The van der Waals surface area contributed by atoms with Crippen LogP contribution in [0.15, 0.2) is 13.2 Å². The molecule has 0 aromatic heterocycles. The van der Waals surface area contributed by atoms with Crippen molar-refractivity contribution >= 4 is 0 Å². The van der Waals surface area contributed by atoms with Crippen molar-refractivity contribution in [3.8, 4) is 0 Å².